The molecule has 0 spiro atoms. The summed E-state index contributed by atoms with van der Waals surface area (Å²) in [4.78, 5) is 17.3. The standard InChI is InChI=1S/C25H33NO2/c1-5-6-19-8-14-23(26-16-19)20-9-11-21(12-10-20)25(27)28-24-15-18(4)7-13-22(24)17(2)3/h8-12,14,16-18,22,24H,5-7,13,15H2,1-4H3/t18-,22+,24-/m0/s1. The molecule has 2 aromatic rings. The second kappa shape index (κ2) is 9.36. The van der Waals surface area contributed by atoms with Crippen LogP contribution in [0.25, 0.3) is 11.3 Å². The molecule has 3 heteroatoms. The van der Waals surface area contributed by atoms with Gasteiger partial charge in [-0.15, -0.1) is 0 Å². The van der Waals surface area contributed by atoms with E-state index in [0.717, 1.165) is 36.9 Å². The van der Waals surface area contributed by atoms with Crippen molar-refractivity contribution in [3.63, 3.8) is 0 Å². The Morgan fingerprint density at radius 3 is 2.50 bits per heavy atom. The molecule has 0 N–H and O–H groups in total. The number of ether oxygens (including phenoxy) is 1. The highest BCUT2D eigenvalue weighted by Crippen LogP contribution is 2.35. The van der Waals surface area contributed by atoms with Crippen molar-refractivity contribution in [3.8, 4) is 11.3 Å². The topological polar surface area (TPSA) is 39.2 Å². The van der Waals surface area contributed by atoms with Gasteiger partial charge in [-0.1, -0.05) is 58.7 Å². The van der Waals surface area contributed by atoms with Crippen LogP contribution in [0.4, 0.5) is 0 Å². The van der Waals surface area contributed by atoms with Crippen LogP contribution in [-0.2, 0) is 11.2 Å². The summed E-state index contributed by atoms with van der Waals surface area (Å²) in [5.41, 5.74) is 3.83. The first-order chi connectivity index (χ1) is 13.5. The van der Waals surface area contributed by atoms with Crippen molar-refractivity contribution in [1.82, 2.24) is 4.98 Å². The molecule has 0 aliphatic heterocycles. The number of aryl methyl sites for hydroxylation is 1. The molecule has 1 aromatic carbocycles. The smallest absolute Gasteiger partial charge is 0.338 e. The van der Waals surface area contributed by atoms with Gasteiger partial charge in [0.1, 0.15) is 6.10 Å². The van der Waals surface area contributed by atoms with Gasteiger partial charge in [0.2, 0.25) is 0 Å². The molecule has 1 aromatic heterocycles. The summed E-state index contributed by atoms with van der Waals surface area (Å²) in [5.74, 6) is 1.42. The predicted molar refractivity (Wildman–Crippen MR) is 114 cm³/mol. The predicted octanol–water partition coefficient (Wildman–Crippen LogP) is 6.32. The van der Waals surface area contributed by atoms with E-state index in [0.29, 0.717) is 23.3 Å². The average molecular weight is 380 g/mol. The molecule has 3 nitrogen and oxygen atoms in total. The SMILES string of the molecule is CCCc1ccc(-c2ccc(C(=O)O[C@H]3C[C@@H](C)CC[C@@H]3C(C)C)cc2)nc1. The molecule has 1 heterocycles. The molecule has 0 amide bonds. The van der Waals surface area contributed by atoms with Crippen molar-refractivity contribution >= 4 is 5.97 Å². The zero-order chi connectivity index (χ0) is 20.1. The third-order valence-corrected chi connectivity index (χ3v) is 6.00. The van der Waals surface area contributed by atoms with Crippen molar-refractivity contribution in [3.05, 3.63) is 53.7 Å². The van der Waals surface area contributed by atoms with Gasteiger partial charge in [0.25, 0.3) is 0 Å². The van der Waals surface area contributed by atoms with Gasteiger partial charge in [0, 0.05) is 11.8 Å². The fourth-order valence-electron chi connectivity index (χ4n) is 4.26. The van der Waals surface area contributed by atoms with Crippen molar-refractivity contribution in [1.29, 1.82) is 0 Å². The maximum Gasteiger partial charge on any atom is 0.338 e. The second-order valence-corrected chi connectivity index (χ2v) is 8.65. The molecule has 150 valence electrons. The number of hydrogen-bond donors (Lipinski definition) is 0. The van der Waals surface area contributed by atoms with Crippen LogP contribution in [-0.4, -0.2) is 17.1 Å². The molecule has 28 heavy (non-hydrogen) atoms. The van der Waals surface area contributed by atoms with E-state index in [9.17, 15) is 4.79 Å². The first-order valence-corrected chi connectivity index (χ1v) is 10.7. The summed E-state index contributed by atoms with van der Waals surface area (Å²) in [6.07, 6.45) is 7.50. The maximum absolute atomic E-state index is 12.7. The van der Waals surface area contributed by atoms with Gasteiger partial charge in [-0.3, -0.25) is 4.98 Å². The third kappa shape index (κ3) is 5.01. The summed E-state index contributed by atoms with van der Waals surface area (Å²) in [5, 5.41) is 0. The Bertz CT molecular complexity index is 764. The number of pyridine rings is 1. The minimum atomic E-state index is -0.206. The molecular formula is C25H33NO2. The molecule has 0 radical (unpaired) electrons. The fourth-order valence-corrected chi connectivity index (χ4v) is 4.26. The first-order valence-electron chi connectivity index (χ1n) is 10.7. The Morgan fingerprint density at radius 1 is 1.14 bits per heavy atom. The van der Waals surface area contributed by atoms with E-state index in [1.165, 1.54) is 12.0 Å². The van der Waals surface area contributed by atoms with E-state index in [4.69, 9.17) is 4.74 Å². The Labute approximate surface area is 169 Å². The number of aromatic nitrogens is 1. The van der Waals surface area contributed by atoms with Gasteiger partial charge in [0.05, 0.1) is 11.3 Å². The summed E-state index contributed by atoms with van der Waals surface area (Å²) in [7, 11) is 0. The molecule has 3 rings (SSSR count). The van der Waals surface area contributed by atoms with Gasteiger partial charge >= 0.3 is 5.97 Å². The Kier molecular flexibility index (Phi) is 6.88. The largest absolute Gasteiger partial charge is 0.458 e. The van der Waals surface area contributed by atoms with E-state index in [1.54, 1.807) is 0 Å². The average Bonchev–Trinajstić information content (AvgIpc) is 2.69. The lowest BCUT2D eigenvalue weighted by atomic mass is 9.75. The number of nitrogens with zero attached hydrogens (tertiary/aromatic N) is 1. The number of carbonyl (C=O) groups excluding carboxylic acids is 1. The van der Waals surface area contributed by atoms with Crippen molar-refractivity contribution in [2.24, 2.45) is 17.8 Å². The van der Waals surface area contributed by atoms with E-state index in [2.05, 4.69) is 44.8 Å². The van der Waals surface area contributed by atoms with Crippen molar-refractivity contribution in [2.45, 2.75) is 65.9 Å². The molecule has 0 bridgehead atoms. The van der Waals surface area contributed by atoms with Gasteiger partial charge in [-0.2, -0.15) is 0 Å². The van der Waals surface area contributed by atoms with E-state index in [-0.39, 0.29) is 12.1 Å². The minimum Gasteiger partial charge on any atom is -0.458 e. The number of esters is 1. The van der Waals surface area contributed by atoms with Gasteiger partial charge in [-0.25, -0.2) is 4.79 Å². The number of benzene rings is 1. The normalized spacial score (nSPS) is 22.2. The number of rotatable bonds is 6. The third-order valence-electron chi connectivity index (χ3n) is 6.00. The zero-order valence-electron chi connectivity index (χ0n) is 17.7. The van der Waals surface area contributed by atoms with Gasteiger partial charge in [-0.05, 0) is 60.8 Å². The van der Waals surface area contributed by atoms with Crippen LogP contribution in [0.15, 0.2) is 42.6 Å². The summed E-state index contributed by atoms with van der Waals surface area (Å²) in [6, 6.07) is 11.8. The zero-order valence-corrected chi connectivity index (χ0v) is 17.7. The highest BCUT2D eigenvalue weighted by Gasteiger charge is 2.33. The molecular weight excluding hydrogens is 346 g/mol. The lowest BCUT2D eigenvalue weighted by Gasteiger charge is -2.36. The van der Waals surface area contributed by atoms with E-state index >= 15 is 0 Å². The second-order valence-electron chi connectivity index (χ2n) is 8.65. The lowest BCUT2D eigenvalue weighted by Crippen LogP contribution is -2.35. The molecule has 0 unspecified atom stereocenters. The molecule has 1 saturated carbocycles. The van der Waals surface area contributed by atoms with Crippen LogP contribution in [0, 0.1) is 17.8 Å². The maximum atomic E-state index is 12.7. The Balaban J connectivity index is 1.67. The summed E-state index contributed by atoms with van der Waals surface area (Å²) in [6.45, 7) is 8.89. The fraction of sp³-hybridized carbons (Fsp3) is 0.520. The van der Waals surface area contributed by atoms with Crippen LogP contribution >= 0.6 is 0 Å². The quantitative estimate of drug-likeness (QED) is 0.551. The number of hydrogen-bond acceptors (Lipinski definition) is 3. The molecule has 1 aliphatic rings. The Morgan fingerprint density at radius 2 is 1.89 bits per heavy atom. The molecule has 0 saturated heterocycles. The molecule has 1 fully saturated rings. The van der Waals surface area contributed by atoms with Crippen molar-refractivity contribution in [2.75, 3.05) is 0 Å². The monoisotopic (exact) mass is 379 g/mol. The lowest BCUT2D eigenvalue weighted by molar-refractivity contribution is -0.0174. The van der Waals surface area contributed by atoms with Crippen LogP contribution in [0.1, 0.15) is 69.3 Å². The summed E-state index contributed by atoms with van der Waals surface area (Å²) >= 11 is 0. The van der Waals surface area contributed by atoms with Crippen LogP contribution in [0.5, 0.6) is 0 Å². The molecule has 1 aliphatic carbocycles. The molecule has 3 atom stereocenters. The van der Waals surface area contributed by atoms with Crippen LogP contribution in [0.2, 0.25) is 0 Å². The van der Waals surface area contributed by atoms with Gasteiger partial charge in [0.15, 0.2) is 0 Å². The van der Waals surface area contributed by atoms with Crippen LogP contribution < -0.4 is 0 Å². The summed E-state index contributed by atoms with van der Waals surface area (Å²) < 4.78 is 5.96. The van der Waals surface area contributed by atoms with Crippen LogP contribution in [0.3, 0.4) is 0 Å². The van der Waals surface area contributed by atoms with Gasteiger partial charge < -0.3 is 4.74 Å². The van der Waals surface area contributed by atoms with E-state index < -0.39 is 0 Å². The first kappa shape index (κ1) is 20.6. The highest BCUT2D eigenvalue weighted by atomic mass is 16.5. The number of carbonyl (C=O) groups is 1. The highest BCUT2D eigenvalue weighted by molar-refractivity contribution is 5.90. The Hall–Kier alpha value is -2.16. The minimum absolute atomic E-state index is 0.0312. The van der Waals surface area contributed by atoms with E-state index in [1.807, 2.05) is 30.5 Å². The van der Waals surface area contributed by atoms with Crippen molar-refractivity contribution < 1.29 is 9.53 Å².